The second-order valence-electron chi connectivity index (χ2n) is 4.70. The van der Waals surface area contributed by atoms with Gasteiger partial charge in [-0.3, -0.25) is 4.79 Å². The van der Waals surface area contributed by atoms with E-state index in [-0.39, 0.29) is 11.5 Å². The van der Waals surface area contributed by atoms with Crippen LogP contribution in [0.4, 0.5) is 0 Å². The Morgan fingerprint density at radius 2 is 1.88 bits per heavy atom. The van der Waals surface area contributed by atoms with Gasteiger partial charge in [0.25, 0.3) is 0 Å². The molecule has 1 heterocycles. The van der Waals surface area contributed by atoms with E-state index in [0.717, 1.165) is 12.8 Å². The Bertz CT molecular complexity index is 359. The lowest BCUT2D eigenvalue weighted by Gasteiger charge is -2.27. The second kappa shape index (κ2) is 5.30. The van der Waals surface area contributed by atoms with Gasteiger partial charge in [-0.15, -0.1) is 0 Å². The van der Waals surface area contributed by atoms with Gasteiger partial charge in [-0.25, -0.2) is 0 Å². The molecule has 1 fully saturated rings. The van der Waals surface area contributed by atoms with Crippen LogP contribution in [0.5, 0.6) is 0 Å². The predicted octanol–water partition coefficient (Wildman–Crippen LogP) is 1.79. The number of hydrogen-bond acceptors (Lipinski definition) is 2. The van der Waals surface area contributed by atoms with Gasteiger partial charge in [0, 0.05) is 31.1 Å². The fourth-order valence-corrected chi connectivity index (χ4v) is 2.45. The van der Waals surface area contributed by atoms with Gasteiger partial charge >= 0.3 is 0 Å². The van der Waals surface area contributed by atoms with Crippen molar-refractivity contribution in [3.8, 4) is 0 Å². The summed E-state index contributed by atoms with van der Waals surface area (Å²) in [7, 11) is 0. The minimum atomic E-state index is -0.275. The minimum Gasteiger partial charge on any atom is -0.391 e. The maximum atomic E-state index is 10.9. The van der Waals surface area contributed by atoms with Crippen LogP contribution in [-0.4, -0.2) is 15.8 Å². The highest BCUT2D eigenvalue weighted by Gasteiger charge is 2.21. The molecule has 1 unspecified atom stereocenters. The number of rotatable bonds is 3. The van der Waals surface area contributed by atoms with Crippen LogP contribution in [-0.2, 0) is 6.54 Å². The quantitative estimate of drug-likeness (QED) is 0.845. The summed E-state index contributed by atoms with van der Waals surface area (Å²) in [5.74, 6) is 0.438. The van der Waals surface area contributed by atoms with Crippen molar-refractivity contribution < 1.29 is 5.11 Å². The molecular weight excluding hydrogens is 202 g/mol. The van der Waals surface area contributed by atoms with Crippen molar-refractivity contribution in [2.24, 2.45) is 5.92 Å². The summed E-state index contributed by atoms with van der Waals surface area (Å²) in [6, 6.07) is 3.07. The third kappa shape index (κ3) is 2.95. The molecule has 1 atom stereocenters. The lowest BCUT2D eigenvalue weighted by Crippen LogP contribution is -2.27. The Morgan fingerprint density at radius 3 is 2.50 bits per heavy atom. The summed E-state index contributed by atoms with van der Waals surface area (Å²) in [4.78, 5) is 10.9. The number of pyridine rings is 1. The van der Waals surface area contributed by atoms with Crippen LogP contribution >= 0.6 is 0 Å². The fraction of sp³-hybridized carbons (Fsp3) is 0.615. The van der Waals surface area contributed by atoms with Crippen molar-refractivity contribution in [1.29, 1.82) is 0 Å². The molecule has 0 amide bonds. The molecule has 0 radical (unpaired) electrons. The zero-order valence-corrected chi connectivity index (χ0v) is 9.51. The second-order valence-corrected chi connectivity index (χ2v) is 4.70. The van der Waals surface area contributed by atoms with Crippen molar-refractivity contribution in [1.82, 2.24) is 4.57 Å². The summed E-state index contributed by atoms with van der Waals surface area (Å²) in [6.07, 6.45) is 9.28. The molecule has 0 spiro atoms. The number of aliphatic hydroxyl groups excluding tert-OH is 1. The van der Waals surface area contributed by atoms with E-state index in [1.165, 1.54) is 31.4 Å². The molecule has 1 aromatic heterocycles. The molecule has 2 rings (SSSR count). The largest absolute Gasteiger partial charge is 0.391 e. The van der Waals surface area contributed by atoms with Crippen molar-refractivity contribution in [2.75, 3.05) is 0 Å². The Labute approximate surface area is 95.7 Å². The Balaban J connectivity index is 1.93. The number of aromatic nitrogens is 1. The molecule has 16 heavy (non-hydrogen) atoms. The van der Waals surface area contributed by atoms with Gasteiger partial charge in [-0.1, -0.05) is 19.3 Å². The highest BCUT2D eigenvalue weighted by Crippen LogP contribution is 2.26. The van der Waals surface area contributed by atoms with Crippen molar-refractivity contribution in [3.05, 3.63) is 34.7 Å². The molecule has 88 valence electrons. The van der Waals surface area contributed by atoms with Crippen LogP contribution in [0.15, 0.2) is 29.3 Å². The molecule has 1 saturated carbocycles. The van der Waals surface area contributed by atoms with Gasteiger partial charge in [-0.05, 0) is 18.8 Å². The Morgan fingerprint density at radius 1 is 1.25 bits per heavy atom. The molecule has 1 aliphatic carbocycles. The smallest absolute Gasteiger partial charge is 0.181 e. The molecule has 1 N–H and O–H groups in total. The Hall–Kier alpha value is -1.09. The van der Waals surface area contributed by atoms with Crippen molar-refractivity contribution in [2.45, 2.75) is 44.8 Å². The molecule has 1 aromatic rings. The lowest BCUT2D eigenvalue weighted by atomic mass is 9.85. The first-order valence-corrected chi connectivity index (χ1v) is 6.10. The van der Waals surface area contributed by atoms with Crippen LogP contribution < -0.4 is 5.43 Å². The molecule has 3 nitrogen and oxygen atoms in total. The summed E-state index contributed by atoms with van der Waals surface area (Å²) in [5.41, 5.74) is 0.0170. The van der Waals surface area contributed by atoms with Gasteiger partial charge in [0.05, 0.1) is 6.10 Å². The molecule has 0 aromatic carbocycles. The number of hydrogen-bond donors (Lipinski definition) is 1. The van der Waals surface area contributed by atoms with E-state index in [0.29, 0.717) is 12.5 Å². The first-order chi connectivity index (χ1) is 7.75. The summed E-state index contributed by atoms with van der Waals surface area (Å²) in [6.45, 7) is 0.602. The van der Waals surface area contributed by atoms with Gasteiger partial charge in [0.1, 0.15) is 0 Å². The average Bonchev–Trinajstić information content (AvgIpc) is 2.33. The van der Waals surface area contributed by atoms with Crippen molar-refractivity contribution in [3.63, 3.8) is 0 Å². The average molecular weight is 221 g/mol. The fourth-order valence-electron chi connectivity index (χ4n) is 2.45. The van der Waals surface area contributed by atoms with Gasteiger partial charge < -0.3 is 9.67 Å². The molecule has 0 aliphatic heterocycles. The minimum absolute atomic E-state index is 0.0170. The third-order valence-corrected chi connectivity index (χ3v) is 3.45. The molecular formula is C13H19NO2. The molecule has 0 saturated heterocycles. The van der Waals surface area contributed by atoms with Crippen molar-refractivity contribution >= 4 is 0 Å². The van der Waals surface area contributed by atoms with Gasteiger partial charge in [-0.2, -0.15) is 0 Å². The van der Waals surface area contributed by atoms with Crippen LogP contribution in [0.25, 0.3) is 0 Å². The highest BCUT2D eigenvalue weighted by atomic mass is 16.3. The van der Waals surface area contributed by atoms with E-state index < -0.39 is 0 Å². The zero-order valence-electron chi connectivity index (χ0n) is 9.51. The molecule has 1 aliphatic rings. The molecule has 0 bridgehead atoms. The first kappa shape index (κ1) is 11.4. The summed E-state index contributed by atoms with van der Waals surface area (Å²) < 4.78 is 1.89. The summed E-state index contributed by atoms with van der Waals surface area (Å²) in [5, 5.41) is 10.1. The number of nitrogens with zero attached hydrogens (tertiary/aromatic N) is 1. The maximum absolute atomic E-state index is 10.9. The third-order valence-electron chi connectivity index (χ3n) is 3.45. The number of aliphatic hydroxyl groups is 1. The van der Waals surface area contributed by atoms with E-state index in [4.69, 9.17) is 0 Å². The maximum Gasteiger partial charge on any atom is 0.181 e. The van der Waals surface area contributed by atoms with Crippen LogP contribution in [0.2, 0.25) is 0 Å². The lowest BCUT2D eigenvalue weighted by molar-refractivity contribution is 0.0694. The van der Waals surface area contributed by atoms with Gasteiger partial charge in [0.2, 0.25) is 0 Å². The topological polar surface area (TPSA) is 42.2 Å². The summed E-state index contributed by atoms with van der Waals surface area (Å²) >= 11 is 0. The van der Waals surface area contributed by atoms with E-state index in [1.54, 1.807) is 12.4 Å². The zero-order chi connectivity index (χ0) is 11.4. The van der Waals surface area contributed by atoms with E-state index in [2.05, 4.69) is 0 Å². The van der Waals surface area contributed by atoms with Crippen LogP contribution in [0, 0.1) is 5.92 Å². The van der Waals surface area contributed by atoms with Crippen LogP contribution in [0.1, 0.15) is 32.1 Å². The highest BCUT2D eigenvalue weighted by molar-refractivity contribution is 4.94. The molecule has 3 heteroatoms. The first-order valence-electron chi connectivity index (χ1n) is 6.10. The predicted molar refractivity (Wildman–Crippen MR) is 63.3 cm³/mol. The van der Waals surface area contributed by atoms with E-state index in [9.17, 15) is 9.90 Å². The SMILES string of the molecule is O=c1ccn(CC(O)C2CCCCC2)cc1. The monoisotopic (exact) mass is 221 g/mol. The van der Waals surface area contributed by atoms with E-state index >= 15 is 0 Å². The van der Waals surface area contributed by atoms with E-state index in [1.807, 2.05) is 4.57 Å². The normalized spacial score (nSPS) is 19.6. The standard InChI is InChI=1S/C13H19NO2/c15-12-6-8-14(9-7-12)10-13(16)11-4-2-1-3-5-11/h6-9,11,13,16H,1-5,10H2. The van der Waals surface area contributed by atoms with Crippen LogP contribution in [0.3, 0.4) is 0 Å². The Kier molecular flexibility index (Phi) is 3.78. The van der Waals surface area contributed by atoms with Gasteiger partial charge in [0.15, 0.2) is 5.43 Å².